The van der Waals surface area contributed by atoms with Gasteiger partial charge in [0.05, 0.1) is 6.04 Å². The fraction of sp³-hybridized carbons (Fsp3) is 0.636. The highest BCUT2D eigenvalue weighted by atomic mass is 16.6. The second kappa shape index (κ2) is 10.3. The van der Waals surface area contributed by atoms with Crippen LogP contribution in [-0.4, -0.2) is 29.5 Å². The minimum Gasteiger partial charge on any atom is -0.447 e. The summed E-state index contributed by atoms with van der Waals surface area (Å²) in [7, 11) is 0. The van der Waals surface area contributed by atoms with Gasteiger partial charge in [0.15, 0.2) is 0 Å². The number of imide groups is 1. The Kier molecular flexibility index (Phi) is 8.14. The number of rotatable bonds is 10. The van der Waals surface area contributed by atoms with Gasteiger partial charge in [-0.25, -0.2) is 9.69 Å². The Morgan fingerprint density at radius 2 is 1.92 bits per heavy atom. The second-order valence-electron chi connectivity index (χ2n) is 7.72. The zero-order valence-corrected chi connectivity index (χ0v) is 16.4. The lowest BCUT2D eigenvalue weighted by molar-refractivity contribution is -0.133. The van der Waals surface area contributed by atoms with Crippen LogP contribution in [0.5, 0.6) is 0 Å². The van der Waals surface area contributed by atoms with Gasteiger partial charge in [-0.05, 0) is 24.3 Å². The van der Waals surface area contributed by atoms with Crippen LogP contribution in [-0.2, 0) is 16.0 Å². The predicted molar refractivity (Wildman–Crippen MR) is 104 cm³/mol. The third-order valence-electron chi connectivity index (χ3n) is 5.24. The molecule has 0 aromatic heterocycles. The lowest BCUT2D eigenvalue weighted by Gasteiger charge is -2.24. The van der Waals surface area contributed by atoms with Crippen LogP contribution >= 0.6 is 0 Å². The summed E-state index contributed by atoms with van der Waals surface area (Å²) >= 11 is 0. The molecule has 1 saturated heterocycles. The molecule has 1 aliphatic heterocycles. The highest BCUT2D eigenvalue weighted by Crippen LogP contribution is 2.24. The quantitative estimate of drug-likeness (QED) is 0.539. The van der Waals surface area contributed by atoms with Gasteiger partial charge in [0.2, 0.25) is 5.91 Å². The molecule has 0 spiro atoms. The third kappa shape index (κ3) is 5.86. The number of amides is 2. The molecule has 0 saturated carbocycles. The normalized spacial score (nSPS) is 19.3. The first-order valence-corrected chi connectivity index (χ1v) is 10.1. The molecule has 4 nitrogen and oxygen atoms in total. The van der Waals surface area contributed by atoms with Crippen LogP contribution in [0.1, 0.15) is 64.9 Å². The molecule has 0 radical (unpaired) electrons. The summed E-state index contributed by atoms with van der Waals surface area (Å²) in [6.07, 6.45) is 7.14. The van der Waals surface area contributed by atoms with E-state index in [1.165, 1.54) is 30.6 Å². The molecule has 4 heteroatoms. The SMILES string of the molecule is CCCCCC[C@H](C)C[C@H](C)C(=O)N1C(=O)OC[C@H]1Cc1ccccc1. The van der Waals surface area contributed by atoms with Gasteiger partial charge in [-0.1, -0.05) is 83.2 Å². The summed E-state index contributed by atoms with van der Waals surface area (Å²) in [5.74, 6) is 0.256. The van der Waals surface area contributed by atoms with Crippen LogP contribution in [0.4, 0.5) is 4.79 Å². The summed E-state index contributed by atoms with van der Waals surface area (Å²) in [5, 5.41) is 0. The zero-order chi connectivity index (χ0) is 18.9. The summed E-state index contributed by atoms with van der Waals surface area (Å²) < 4.78 is 5.18. The molecular formula is C22H33NO3. The van der Waals surface area contributed by atoms with Gasteiger partial charge in [0.25, 0.3) is 0 Å². The standard InChI is InChI=1S/C22H33NO3/c1-4-5-6-8-11-17(2)14-18(3)21(24)23-20(16-26-22(23)25)15-19-12-9-7-10-13-19/h7,9-10,12-13,17-18,20H,4-6,8,11,14-16H2,1-3H3/t17-,18-,20+/m0/s1. The Morgan fingerprint density at radius 3 is 2.62 bits per heavy atom. The maximum absolute atomic E-state index is 12.9. The molecule has 0 N–H and O–H groups in total. The summed E-state index contributed by atoms with van der Waals surface area (Å²) in [6, 6.07) is 9.76. The minimum absolute atomic E-state index is 0.0890. The third-order valence-corrected chi connectivity index (χ3v) is 5.24. The number of cyclic esters (lactones) is 1. The monoisotopic (exact) mass is 359 g/mol. The number of hydrogen-bond donors (Lipinski definition) is 0. The van der Waals surface area contributed by atoms with Gasteiger partial charge in [0, 0.05) is 5.92 Å². The van der Waals surface area contributed by atoms with Gasteiger partial charge in [-0.3, -0.25) is 4.79 Å². The molecule has 1 heterocycles. The lowest BCUT2D eigenvalue weighted by atomic mass is 9.91. The van der Waals surface area contributed by atoms with E-state index < -0.39 is 6.09 Å². The summed E-state index contributed by atoms with van der Waals surface area (Å²) in [6.45, 7) is 6.65. The first kappa shape index (κ1) is 20.5. The van der Waals surface area contributed by atoms with Crippen molar-refractivity contribution in [2.75, 3.05) is 6.61 Å². The van der Waals surface area contributed by atoms with Gasteiger partial charge in [-0.15, -0.1) is 0 Å². The van der Waals surface area contributed by atoms with Crippen LogP contribution in [0.3, 0.4) is 0 Å². The molecule has 0 aliphatic carbocycles. The highest BCUT2D eigenvalue weighted by molar-refractivity contribution is 5.94. The molecule has 3 atom stereocenters. The van der Waals surface area contributed by atoms with E-state index in [1.807, 2.05) is 37.3 Å². The smallest absolute Gasteiger partial charge is 0.416 e. The van der Waals surface area contributed by atoms with E-state index in [2.05, 4.69) is 13.8 Å². The van der Waals surface area contributed by atoms with Crippen LogP contribution in [0.25, 0.3) is 0 Å². The number of unbranched alkanes of at least 4 members (excludes halogenated alkanes) is 3. The van der Waals surface area contributed by atoms with Crippen LogP contribution in [0.2, 0.25) is 0 Å². The van der Waals surface area contributed by atoms with Crippen molar-refractivity contribution in [1.82, 2.24) is 4.90 Å². The van der Waals surface area contributed by atoms with E-state index in [1.54, 1.807) is 0 Å². The van der Waals surface area contributed by atoms with E-state index >= 15 is 0 Å². The lowest BCUT2D eigenvalue weighted by Crippen LogP contribution is -2.43. The average molecular weight is 360 g/mol. The zero-order valence-electron chi connectivity index (χ0n) is 16.4. The average Bonchev–Trinajstić information content (AvgIpc) is 2.99. The molecule has 2 rings (SSSR count). The van der Waals surface area contributed by atoms with Crippen molar-refractivity contribution in [2.24, 2.45) is 11.8 Å². The van der Waals surface area contributed by atoms with Crippen LogP contribution in [0, 0.1) is 11.8 Å². The van der Waals surface area contributed by atoms with Gasteiger partial charge in [0.1, 0.15) is 6.61 Å². The molecule has 0 unspecified atom stereocenters. The molecule has 1 fully saturated rings. The van der Waals surface area contributed by atoms with Gasteiger partial charge < -0.3 is 4.74 Å². The van der Waals surface area contributed by atoms with E-state index in [0.29, 0.717) is 18.9 Å². The van der Waals surface area contributed by atoms with Crippen molar-refractivity contribution in [1.29, 1.82) is 0 Å². The van der Waals surface area contributed by atoms with Crippen LogP contribution in [0.15, 0.2) is 30.3 Å². The molecule has 1 aromatic rings. The molecule has 26 heavy (non-hydrogen) atoms. The Hall–Kier alpha value is -1.84. The molecular weight excluding hydrogens is 326 g/mol. The summed E-state index contributed by atoms with van der Waals surface area (Å²) in [5.41, 5.74) is 1.12. The maximum Gasteiger partial charge on any atom is 0.416 e. The Balaban J connectivity index is 1.89. The van der Waals surface area contributed by atoms with Gasteiger partial charge >= 0.3 is 6.09 Å². The maximum atomic E-state index is 12.9. The Bertz CT molecular complexity index is 572. The number of benzene rings is 1. The minimum atomic E-state index is -0.488. The first-order valence-electron chi connectivity index (χ1n) is 10.1. The molecule has 1 aromatic carbocycles. The van der Waals surface area contributed by atoms with Crippen molar-refractivity contribution in [3.05, 3.63) is 35.9 Å². The van der Waals surface area contributed by atoms with E-state index in [-0.39, 0.29) is 17.9 Å². The van der Waals surface area contributed by atoms with Crippen molar-refractivity contribution in [3.8, 4) is 0 Å². The topological polar surface area (TPSA) is 46.6 Å². The molecule has 144 valence electrons. The Labute approximate surface area is 157 Å². The number of hydrogen-bond acceptors (Lipinski definition) is 3. The second-order valence-corrected chi connectivity index (χ2v) is 7.72. The van der Waals surface area contributed by atoms with Crippen molar-refractivity contribution < 1.29 is 14.3 Å². The van der Waals surface area contributed by atoms with E-state index in [9.17, 15) is 9.59 Å². The van der Waals surface area contributed by atoms with Crippen molar-refractivity contribution in [3.63, 3.8) is 0 Å². The van der Waals surface area contributed by atoms with Crippen molar-refractivity contribution in [2.45, 2.75) is 71.8 Å². The number of carbonyl (C=O) groups is 2. The summed E-state index contributed by atoms with van der Waals surface area (Å²) in [4.78, 5) is 26.4. The largest absolute Gasteiger partial charge is 0.447 e. The molecule has 2 amide bonds. The van der Waals surface area contributed by atoms with Gasteiger partial charge in [-0.2, -0.15) is 0 Å². The first-order chi connectivity index (χ1) is 12.5. The fourth-order valence-corrected chi connectivity index (χ4v) is 3.75. The van der Waals surface area contributed by atoms with Crippen LogP contribution < -0.4 is 0 Å². The van der Waals surface area contributed by atoms with E-state index in [0.717, 1.165) is 18.4 Å². The molecule has 0 bridgehead atoms. The number of nitrogens with zero attached hydrogens (tertiary/aromatic N) is 1. The number of carbonyl (C=O) groups excluding carboxylic acids is 2. The highest BCUT2D eigenvalue weighted by Gasteiger charge is 2.39. The Morgan fingerprint density at radius 1 is 1.19 bits per heavy atom. The van der Waals surface area contributed by atoms with E-state index in [4.69, 9.17) is 4.74 Å². The fourth-order valence-electron chi connectivity index (χ4n) is 3.75. The number of ether oxygens (including phenoxy) is 1. The van der Waals surface area contributed by atoms with Crippen molar-refractivity contribution >= 4 is 12.0 Å². The molecule has 1 aliphatic rings. The predicted octanol–water partition coefficient (Wildman–Crippen LogP) is 5.21.